The van der Waals surface area contributed by atoms with E-state index in [1.54, 1.807) is 30.5 Å². The maximum Gasteiger partial charge on any atom is 0.302 e. The van der Waals surface area contributed by atoms with E-state index < -0.39 is 18.1 Å². The van der Waals surface area contributed by atoms with Gasteiger partial charge in [-0.05, 0) is 132 Å². The van der Waals surface area contributed by atoms with Gasteiger partial charge >= 0.3 is 6.29 Å². The molecule has 4 aliphatic rings. The first-order chi connectivity index (χ1) is 49.3. The summed E-state index contributed by atoms with van der Waals surface area (Å²) in [7, 11) is 4.28. The minimum absolute atomic E-state index is 0.0241. The van der Waals surface area contributed by atoms with Crippen LogP contribution in [0.5, 0.6) is 23.0 Å². The highest BCUT2D eigenvalue weighted by molar-refractivity contribution is 7.99. The van der Waals surface area contributed by atoms with E-state index in [1.807, 2.05) is 63.7 Å². The number of fused-ring (bicyclic) bond motifs is 6. The number of ether oxygens (including phenoxy) is 4. The highest BCUT2D eigenvalue weighted by Gasteiger charge is 2.33. The molecule has 2 amide bonds. The predicted molar refractivity (Wildman–Crippen MR) is 386 cm³/mol. The number of carbonyl (C=O) groups excluding carboxylic acids is 2. The van der Waals surface area contributed by atoms with E-state index >= 15 is 0 Å². The predicted octanol–water partition coefficient (Wildman–Crippen LogP) is 9.04. The lowest BCUT2D eigenvalue weighted by Crippen LogP contribution is -2.44. The van der Waals surface area contributed by atoms with Gasteiger partial charge in [-0.25, -0.2) is 29.9 Å². The lowest BCUT2D eigenvalue weighted by Gasteiger charge is -2.34. The highest BCUT2D eigenvalue weighted by atomic mass is 32.2. The van der Waals surface area contributed by atoms with Crippen molar-refractivity contribution in [3.8, 4) is 58.7 Å². The summed E-state index contributed by atoms with van der Waals surface area (Å²) in [6.45, 7) is 8.93. The van der Waals surface area contributed by atoms with E-state index in [0.29, 0.717) is 91.2 Å². The zero-order chi connectivity index (χ0) is 69.3. The van der Waals surface area contributed by atoms with Gasteiger partial charge in [0.2, 0.25) is 12.6 Å². The molecule has 0 bridgehead atoms. The fraction of sp³-hybridized carbons (Fsp3) is 0.247. The molecule has 1 atom stereocenters. The summed E-state index contributed by atoms with van der Waals surface area (Å²) in [6, 6.07) is 37.8. The number of aromatic amines is 1. The molecule has 101 heavy (non-hydrogen) atoms. The van der Waals surface area contributed by atoms with Crippen LogP contribution < -0.4 is 50.8 Å². The van der Waals surface area contributed by atoms with Gasteiger partial charge in [0.05, 0.1) is 5.69 Å². The van der Waals surface area contributed by atoms with E-state index in [0.717, 1.165) is 95.5 Å². The summed E-state index contributed by atoms with van der Waals surface area (Å²) in [4.78, 5) is 66.5. The molecule has 0 aliphatic carbocycles. The summed E-state index contributed by atoms with van der Waals surface area (Å²) in [5.41, 5.74) is 20.3. The molecular formula is C73H66N20O6S2. The van der Waals surface area contributed by atoms with Crippen molar-refractivity contribution in [2.45, 2.75) is 52.3 Å². The maximum absolute atomic E-state index is 13.8. The Hall–Kier alpha value is -11.9. The molecule has 506 valence electrons. The van der Waals surface area contributed by atoms with Gasteiger partial charge < -0.3 is 69.8 Å². The topological polar surface area (TPSA) is 324 Å². The van der Waals surface area contributed by atoms with Crippen LogP contribution in [0.4, 0.5) is 23.0 Å². The van der Waals surface area contributed by atoms with Crippen molar-refractivity contribution in [2.75, 3.05) is 108 Å². The van der Waals surface area contributed by atoms with Crippen LogP contribution in [0.2, 0.25) is 0 Å². The number of aryl methyl sites for hydroxylation is 2. The molecule has 6 aromatic carbocycles. The summed E-state index contributed by atoms with van der Waals surface area (Å²) in [5.74, 6) is 3.85. The molecule has 2 fully saturated rings. The van der Waals surface area contributed by atoms with Crippen LogP contribution in [0, 0.1) is 35.0 Å². The smallest absolute Gasteiger partial charge is 0.302 e. The van der Waals surface area contributed by atoms with Crippen LogP contribution >= 0.6 is 23.5 Å². The van der Waals surface area contributed by atoms with Crippen LogP contribution in [0.25, 0.3) is 67.3 Å². The molecule has 11 aromatic rings. The number of hydrogen-bond donors (Lipinski definition) is 5. The van der Waals surface area contributed by atoms with Crippen molar-refractivity contribution in [2.24, 2.45) is 0 Å². The number of hydrogen-bond acceptors (Lipinski definition) is 23. The lowest BCUT2D eigenvalue weighted by molar-refractivity contribution is -0.117. The number of benzene rings is 6. The standard InChI is InChI=1S/C73H66N20O6S2/c1-4-45-35-58-59(38-60(45)100-72-83-62-64(76)80-41-81-67(62)92(72)19-5-16-78-69(94)50(39-74)31-43-7-9-48-33-52(13-11-46(48)29-43)90-25-21-88(2)22-26-90)99-71(98-58)66-85-65(77)63-68(86-66)93(73(84-63)101-61-37-57-56(96-42-97-57)36-54(61)55-15-18-82-87-55)20-6-17-79-70(95)51(40-75)32-44-8-10-49-34-53(14-12-47(49)30-44)91-27-23-89(3)24-28-91/h1,7-15,18,29-38,41,71H,5-6,16-17,19-28,42H2,2-3H3,(H,78,94)(H,79,95)(H,82,87)(H2,76,80,81)(H2,77,85,86)/b50-31+,51-32+. The summed E-state index contributed by atoms with van der Waals surface area (Å²) < 4.78 is 28.3. The molecule has 0 radical (unpaired) electrons. The number of nitrogens with one attached hydrogen (secondary N) is 3. The third-order valence-electron chi connectivity index (χ3n) is 18.1. The number of nitrogen functional groups attached to an aromatic ring is 2. The SMILES string of the molecule is C#Cc1cc2c(cc1Sc1nc3c(N)ncnc3n1CCCNC(=O)/C(C#N)=C/c1ccc3cc(N4CCN(C)CC4)ccc3c1)OC(c1nc(N)c3nc(Sc4cc5c(cc4-c4cc[nH]n4)OCO5)n(CCCNC(=O)/C(C#N)=C/c4ccc5cc(N6CCN(C)CC6)ccc5c4)c3n1)O2. The van der Waals surface area contributed by atoms with Gasteiger partial charge in [-0.3, -0.25) is 14.7 Å². The molecule has 2 saturated heterocycles. The second-order valence-corrected chi connectivity index (χ2v) is 26.8. The van der Waals surface area contributed by atoms with E-state index in [2.05, 4.69) is 119 Å². The summed E-state index contributed by atoms with van der Waals surface area (Å²) in [6.07, 6.45) is 12.1. The number of amides is 2. The molecule has 7 N–H and O–H groups in total. The molecular weight excluding hydrogens is 1320 g/mol. The Balaban J connectivity index is 0.648. The number of rotatable bonds is 20. The molecule has 0 spiro atoms. The highest BCUT2D eigenvalue weighted by Crippen LogP contribution is 2.47. The van der Waals surface area contributed by atoms with Gasteiger partial charge in [0.15, 0.2) is 67.3 Å². The summed E-state index contributed by atoms with van der Waals surface area (Å²) >= 11 is 2.58. The Labute approximate surface area is 587 Å². The molecule has 4 aliphatic heterocycles. The molecule has 9 heterocycles. The molecule has 5 aromatic heterocycles. The largest absolute Gasteiger partial charge is 0.454 e. The van der Waals surface area contributed by atoms with E-state index in [-0.39, 0.29) is 55.0 Å². The lowest BCUT2D eigenvalue weighted by atomic mass is 10.0. The van der Waals surface area contributed by atoms with Gasteiger partial charge in [-0.15, -0.1) is 6.42 Å². The molecule has 28 heteroatoms. The third kappa shape index (κ3) is 13.6. The minimum Gasteiger partial charge on any atom is -0.454 e. The number of H-pyrrole nitrogens is 1. The molecule has 1 unspecified atom stereocenters. The quantitative estimate of drug-likeness (QED) is 0.0205. The molecule has 0 saturated carbocycles. The number of aromatic nitrogens is 10. The zero-order valence-electron chi connectivity index (χ0n) is 55.0. The third-order valence-corrected chi connectivity index (χ3v) is 20.2. The number of carbonyl (C=O) groups is 2. The van der Waals surface area contributed by atoms with Crippen LogP contribution in [0.3, 0.4) is 0 Å². The number of nitrogens with zero attached hydrogens (tertiary/aromatic N) is 15. The van der Waals surface area contributed by atoms with E-state index in [1.165, 1.54) is 41.2 Å². The minimum atomic E-state index is -1.19. The van der Waals surface area contributed by atoms with Gasteiger partial charge in [0, 0.05) is 123 Å². The first kappa shape index (κ1) is 65.1. The maximum atomic E-state index is 13.8. The van der Waals surface area contributed by atoms with Gasteiger partial charge in [-0.2, -0.15) is 15.6 Å². The van der Waals surface area contributed by atoms with Gasteiger partial charge in [-0.1, -0.05) is 65.8 Å². The number of nitrogens with two attached hydrogens (primary N) is 2. The number of anilines is 4. The Kier molecular flexibility index (Phi) is 18.1. The van der Waals surface area contributed by atoms with E-state index in [9.17, 15) is 20.1 Å². The van der Waals surface area contributed by atoms with Crippen molar-refractivity contribution in [3.63, 3.8) is 0 Å². The van der Waals surface area contributed by atoms with E-state index in [4.69, 9.17) is 56.8 Å². The summed E-state index contributed by atoms with van der Waals surface area (Å²) in [5, 5.41) is 38.8. The second kappa shape index (κ2) is 28.2. The van der Waals surface area contributed by atoms with Crippen molar-refractivity contribution in [1.29, 1.82) is 10.5 Å². The van der Waals surface area contributed by atoms with Crippen LogP contribution in [-0.4, -0.2) is 157 Å². The molecule has 26 nitrogen and oxygen atoms in total. The van der Waals surface area contributed by atoms with Crippen molar-refractivity contribution in [1.82, 2.24) is 69.7 Å². The van der Waals surface area contributed by atoms with Crippen molar-refractivity contribution < 1.29 is 28.5 Å². The zero-order valence-corrected chi connectivity index (χ0v) is 56.6. The fourth-order valence-electron chi connectivity index (χ4n) is 12.6. The van der Waals surface area contributed by atoms with Crippen LogP contribution in [0.15, 0.2) is 147 Å². The van der Waals surface area contributed by atoms with Crippen molar-refractivity contribution in [3.05, 3.63) is 149 Å². The second-order valence-electron chi connectivity index (χ2n) is 24.8. The molecule has 15 rings (SSSR count). The Bertz CT molecular complexity index is 5290. The number of terminal acetylenes is 1. The van der Waals surface area contributed by atoms with Crippen molar-refractivity contribution >= 4 is 114 Å². The first-order valence-corrected chi connectivity index (χ1v) is 34.5. The Morgan fingerprint density at radius 1 is 0.624 bits per heavy atom. The average Bonchev–Trinajstić information content (AvgIpc) is 1.62. The fourth-order valence-corrected chi connectivity index (χ4v) is 14.7. The Morgan fingerprint density at radius 2 is 1.16 bits per heavy atom. The normalized spacial score (nSPS) is 15.5. The monoisotopic (exact) mass is 1380 g/mol. The van der Waals surface area contributed by atoms with Crippen LogP contribution in [-0.2, 0) is 22.7 Å². The van der Waals surface area contributed by atoms with Gasteiger partial charge in [0.1, 0.15) is 29.6 Å². The Morgan fingerprint density at radius 3 is 1.73 bits per heavy atom. The number of imidazole rings is 2. The first-order valence-electron chi connectivity index (χ1n) is 32.8. The number of piperazine rings is 2. The average molecular weight is 1380 g/mol. The number of likely N-dealkylation sites (N-methyl/N-ethyl adjacent to an activating group) is 2. The van der Waals surface area contributed by atoms with Crippen LogP contribution in [0.1, 0.15) is 41.6 Å². The number of nitriles is 2. The van der Waals surface area contributed by atoms with Gasteiger partial charge in [0.25, 0.3) is 11.8 Å².